The maximum absolute atomic E-state index is 5.54. The molecule has 0 N–H and O–H groups in total. The van der Waals surface area contributed by atoms with E-state index in [-0.39, 0.29) is 0 Å². The number of benzene rings is 1. The van der Waals surface area contributed by atoms with E-state index in [4.69, 9.17) is 4.84 Å². The summed E-state index contributed by atoms with van der Waals surface area (Å²) in [4.78, 5) is 5.54. The topological polar surface area (TPSA) is 12.5 Å². The van der Waals surface area contributed by atoms with E-state index in [1.807, 2.05) is 18.1 Å². The van der Waals surface area contributed by atoms with Crippen molar-refractivity contribution < 1.29 is 4.84 Å². The van der Waals surface area contributed by atoms with E-state index in [1.165, 1.54) is 5.56 Å². The van der Waals surface area contributed by atoms with Gasteiger partial charge in [-0.3, -0.25) is 4.84 Å². The highest BCUT2D eigenvalue weighted by Gasteiger charge is 2.09. The van der Waals surface area contributed by atoms with E-state index in [2.05, 4.69) is 38.1 Å². The number of nitrogens with zero attached hydrogens (tertiary/aromatic N) is 1. The van der Waals surface area contributed by atoms with Gasteiger partial charge in [-0.1, -0.05) is 30.3 Å². The van der Waals surface area contributed by atoms with Gasteiger partial charge in [-0.05, 0) is 26.3 Å². The molecule has 78 valence electrons. The third-order valence-corrected chi connectivity index (χ3v) is 2.05. The molecule has 1 rings (SSSR count). The van der Waals surface area contributed by atoms with Crippen LogP contribution in [0.3, 0.4) is 0 Å². The fourth-order valence-electron chi connectivity index (χ4n) is 1.31. The van der Waals surface area contributed by atoms with Crippen molar-refractivity contribution in [1.82, 2.24) is 5.06 Å². The number of hydroxylamine groups is 2. The van der Waals surface area contributed by atoms with E-state index in [9.17, 15) is 0 Å². The molecule has 14 heavy (non-hydrogen) atoms. The van der Waals surface area contributed by atoms with Crippen LogP contribution in [0.2, 0.25) is 0 Å². The molecule has 0 amide bonds. The normalized spacial score (nSPS) is 11.2. The van der Waals surface area contributed by atoms with Crippen LogP contribution in [-0.2, 0) is 11.4 Å². The molecule has 1 aromatic carbocycles. The van der Waals surface area contributed by atoms with Gasteiger partial charge in [0.15, 0.2) is 0 Å². The average Bonchev–Trinajstić information content (AvgIpc) is 2.18. The summed E-state index contributed by atoms with van der Waals surface area (Å²) < 4.78 is 0. The highest BCUT2D eigenvalue weighted by atomic mass is 16.7. The summed E-state index contributed by atoms with van der Waals surface area (Å²) >= 11 is 0. The molecule has 0 saturated carbocycles. The van der Waals surface area contributed by atoms with Gasteiger partial charge in [-0.2, -0.15) is 5.06 Å². The largest absolute Gasteiger partial charge is 0.299 e. The Bertz CT molecular complexity index is 246. The number of hydrogen-bond donors (Lipinski definition) is 0. The van der Waals surface area contributed by atoms with Crippen molar-refractivity contribution in [2.75, 3.05) is 6.61 Å². The van der Waals surface area contributed by atoms with Gasteiger partial charge < -0.3 is 0 Å². The van der Waals surface area contributed by atoms with Crippen molar-refractivity contribution in [3.05, 3.63) is 35.9 Å². The molecule has 0 radical (unpaired) electrons. The standard InChI is InChI=1S/C12H19NO/c1-4-14-13(11(2)3)10-12-8-6-5-7-9-12/h5-9,11H,4,10H2,1-3H3. The van der Waals surface area contributed by atoms with Gasteiger partial charge in [0.05, 0.1) is 6.61 Å². The Balaban J connectivity index is 2.55. The molecule has 0 bridgehead atoms. The maximum atomic E-state index is 5.54. The summed E-state index contributed by atoms with van der Waals surface area (Å²) in [6, 6.07) is 10.8. The minimum absolute atomic E-state index is 0.412. The third kappa shape index (κ3) is 3.48. The molecule has 0 saturated heterocycles. The second-order valence-corrected chi connectivity index (χ2v) is 3.57. The zero-order valence-electron chi connectivity index (χ0n) is 9.23. The zero-order valence-corrected chi connectivity index (χ0v) is 9.23. The first kappa shape index (κ1) is 11.2. The molecule has 0 aliphatic carbocycles. The molecule has 1 aromatic rings. The molecular formula is C12H19NO. The highest BCUT2D eigenvalue weighted by Crippen LogP contribution is 2.08. The molecule has 0 aliphatic heterocycles. The lowest BCUT2D eigenvalue weighted by Crippen LogP contribution is -2.30. The molecule has 0 spiro atoms. The molecule has 0 heterocycles. The highest BCUT2D eigenvalue weighted by molar-refractivity contribution is 5.14. The van der Waals surface area contributed by atoms with Gasteiger partial charge in [-0.25, -0.2) is 0 Å². The van der Waals surface area contributed by atoms with Gasteiger partial charge in [0.2, 0.25) is 0 Å². The number of rotatable bonds is 5. The van der Waals surface area contributed by atoms with Crippen molar-refractivity contribution >= 4 is 0 Å². The summed E-state index contributed by atoms with van der Waals surface area (Å²) in [5.41, 5.74) is 1.29. The predicted molar refractivity (Wildman–Crippen MR) is 58.7 cm³/mol. The quantitative estimate of drug-likeness (QED) is 0.667. The van der Waals surface area contributed by atoms with E-state index < -0.39 is 0 Å². The summed E-state index contributed by atoms with van der Waals surface area (Å²) in [5.74, 6) is 0. The SMILES string of the molecule is CCON(Cc1ccccc1)C(C)C. The van der Waals surface area contributed by atoms with Crippen LogP contribution in [-0.4, -0.2) is 17.7 Å². The summed E-state index contributed by atoms with van der Waals surface area (Å²) in [7, 11) is 0. The third-order valence-electron chi connectivity index (χ3n) is 2.05. The molecule has 2 nitrogen and oxygen atoms in total. The van der Waals surface area contributed by atoms with Gasteiger partial charge in [0, 0.05) is 12.6 Å². The Morgan fingerprint density at radius 3 is 2.36 bits per heavy atom. The number of hydrogen-bond acceptors (Lipinski definition) is 2. The van der Waals surface area contributed by atoms with Crippen LogP contribution in [0, 0.1) is 0 Å². The molecule has 0 aliphatic rings. The van der Waals surface area contributed by atoms with Crippen LogP contribution in [0.15, 0.2) is 30.3 Å². The smallest absolute Gasteiger partial charge is 0.0657 e. The predicted octanol–water partition coefficient (Wildman–Crippen LogP) is 2.85. The van der Waals surface area contributed by atoms with Crippen molar-refractivity contribution in [1.29, 1.82) is 0 Å². The van der Waals surface area contributed by atoms with Crippen LogP contribution in [0.5, 0.6) is 0 Å². The zero-order chi connectivity index (χ0) is 10.4. The minimum Gasteiger partial charge on any atom is -0.299 e. The van der Waals surface area contributed by atoms with E-state index in [0.29, 0.717) is 6.04 Å². The lowest BCUT2D eigenvalue weighted by Gasteiger charge is -2.24. The van der Waals surface area contributed by atoms with Crippen molar-refractivity contribution in [2.24, 2.45) is 0 Å². The molecule has 0 aromatic heterocycles. The molecule has 0 fully saturated rings. The summed E-state index contributed by atoms with van der Waals surface area (Å²) in [6.45, 7) is 7.87. The second kappa shape index (κ2) is 5.78. The van der Waals surface area contributed by atoms with Crippen LogP contribution >= 0.6 is 0 Å². The molecule has 0 unspecified atom stereocenters. The van der Waals surface area contributed by atoms with E-state index in [1.54, 1.807) is 0 Å². The average molecular weight is 193 g/mol. The Morgan fingerprint density at radius 1 is 1.21 bits per heavy atom. The lowest BCUT2D eigenvalue weighted by molar-refractivity contribution is -0.182. The van der Waals surface area contributed by atoms with E-state index >= 15 is 0 Å². The first-order valence-corrected chi connectivity index (χ1v) is 5.17. The van der Waals surface area contributed by atoms with Crippen LogP contribution in [0.1, 0.15) is 26.3 Å². The second-order valence-electron chi connectivity index (χ2n) is 3.57. The Labute approximate surface area is 86.4 Å². The van der Waals surface area contributed by atoms with Gasteiger partial charge in [0.25, 0.3) is 0 Å². The van der Waals surface area contributed by atoms with E-state index in [0.717, 1.165) is 13.2 Å². The monoisotopic (exact) mass is 193 g/mol. The Hall–Kier alpha value is -0.860. The fraction of sp³-hybridized carbons (Fsp3) is 0.500. The van der Waals surface area contributed by atoms with Crippen molar-refractivity contribution in [2.45, 2.75) is 33.4 Å². The maximum Gasteiger partial charge on any atom is 0.0657 e. The van der Waals surface area contributed by atoms with Gasteiger partial charge in [0.1, 0.15) is 0 Å². The first-order valence-electron chi connectivity index (χ1n) is 5.17. The lowest BCUT2D eigenvalue weighted by atomic mass is 10.2. The molecule has 0 atom stereocenters. The Morgan fingerprint density at radius 2 is 1.86 bits per heavy atom. The van der Waals surface area contributed by atoms with Crippen molar-refractivity contribution in [3.8, 4) is 0 Å². The Kier molecular flexibility index (Phi) is 4.63. The van der Waals surface area contributed by atoms with Crippen molar-refractivity contribution in [3.63, 3.8) is 0 Å². The summed E-state index contributed by atoms with van der Waals surface area (Å²) in [5, 5.41) is 2.01. The molecule has 2 heteroatoms. The van der Waals surface area contributed by atoms with Gasteiger partial charge >= 0.3 is 0 Å². The van der Waals surface area contributed by atoms with Crippen LogP contribution < -0.4 is 0 Å². The van der Waals surface area contributed by atoms with Crippen LogP contribution in [0.25, 0.3) is 0 Å². The van der Waals surface area contributed by atoms with Crippen LogP contribution in [0.4, 0.5) is 0 Å². The van der Waals surface area contributed by atoms with Gasteiger partial charge in [-0.15, -0.1) is 0 Å². The summed E-state index contributed by atoms with van der Waals surface area (Å²) in [6.07, 6.45) is 0. The minimum atomic E-state index is 0.412. The fourth-order valence-corrected chi connectivity index (χ4v) is 1.31. The first-order chi connectivity index (χ1) is 6.74. The molecular weight excluding hydrogens is 174 g/mol.